The standard InChI is InChI=1S/C24H29N5O2/c1-5-13-27-15-18(3)28(16-17(27)2)23(19-9-8-10-20(14-19)24(30)31-4)29-22-12-7-6-11-21(22)25-26-29/h5-12,14,17-18,23H,1,13,15-16H2,2-4H3/t17-,18+,23+/m1/s1. The number of benzene rings is 2. The van der Waals surface area contributed by atoms with Crippen molar-refractivity contribution < 1.29 is 9.53 Å². The highest BCUT2D eigenvalue weighted by Gasteiger charge is 2.35. The molecule has 0 bridgehead atoms. The summed E-state index contributed by atoms with van der Waals surface area (Å²) in [6.07, 6.45) is 1.77. The van der Waals surface area contributed by atoms with Crippen molar-refractivity contribution in [3.63, 3.8) is 0 Å². The van der Waals surface area contributed by atoms with Gasteiger partial charge >= 0.3 is 5.97 Å². The average Bonchev–Trinajstić information content (AvgIpc) is 3.21. The third-order valence-corrected chi connectivity index (χ3v) is 6.06. The van der Waals surface area contributed by atoms with Gasteiger partial charge in [-0.05, 0) is 43.7 Å². The highest BCUT2D eigenvalue weighted by atomic mass is 16.5. The Morgan fingerprint density at radius 3 is 2.77 bits per heavy atom. The Kier molecular flexibility index (Phi) is 6.15. The smallest absolute Gasteiger partial charge is 0.337 e. The molecule has 3 aromatic rings. The first kappa shape index (κ1) is 21.2. The number of fused-ring (bicyclic) bond motifs is 1. The minimum atomic E-state index is -0.346. The summed E-state index contributed by atoms with van der Waals surface area (Å²) in [5.41, 5.74) is 3.32. The molecule has 0 saturated carbocycles. The Bertz CT molecular complexity index is 1080. The number of piperazine rings is 1. The monoisotopic (exact) mass is 419 g/mol. The molecule has 31 heavy (non-hydrogen) atoms. The second kappa shape index (κ2) is 8.99. The van der Waals surface area contributed by atoms with Crippen LogP contribution < -0.4 is 0 Å². The first-order valence-electron chi connectivity index (χ1n) is 10.6. The lowest BCUT2D eigenvalue weighted by Crippen LogP contribution is -2.58. The maximum atomic E-state index is 12.2. The van der Waals surface area contributed by atoms with E-state index in [-0.39, 0.29) is 18.2 Å². The second-order valence-electron chi connectivity index (χ2n) is 8.15. The molecule has 3 atom stereocenters. The normalized spacial score (nSPS) is 21.1. The minimum Gasteiger partial charge on any atom is -0.465 e. The van der Waals surface area contributed by atoms with E-state index in [0.29, 0.717) is 11.6 Å². The highest BCUT2D eigenvalue weighted by molar-refractivity contribution is 5.89. The van der Waals surface area contributed by atoms with Crippen LogP contribution in [0.2, 0.25) is 0 Å². The lowest BCUT2D eigenvalue weighted by Gasteiger charge is -2.47. The Labute approximate surface area is 182 Å². The van der Waals surface area contributed by atoms with E-state index < -0.39 is 0 Å². The van der Waals surface area contributed by atoms with Crippen LogP contribution in [0.1, 0.15) is 35.9 Å². The maximum absolute atomic E-state index is 12.2. The van der Waals surface area contributed by atoms with E-state index in [4.69, 9.17) is 4.74 Å². The summed E-state index contributed by atoms with van der Waals surface area (Å²) in [6.45, 7) is 11.0. The van der Waals surface area contributed by atoms with E-state index in [1.165, 1.54) is 7.11 Å². The van der Waals surface area contributed by atoms with Gasteiger partial charge in [0.15, 0.2) is 0 Å². The second-order valence-corrected chi connectivity index (χ2v) is 8.15. The van der Waals surface area contributed by atoms with Crippen molar-refractivity contribution in [2.75, 3.05) is 26.7 Å². The lowest BCUT2D eigenvalue weighted by molar-refractivity contribution is 0.00784. The highest BCUT2D eigenvalue weighted by Crippen LogP contribution is 2.31. The van der Waals surface area contributed by atoms with Crippen LogP contribution in [0.25, 0.3) is 11.0 Å². The maximum Gasteiger partial charge on any atom is 0.337 e. The summed E-state index contributed by atoms with van der Waals surface area (Å²) in [5.74, 6) is -0.346. The number of aromatic nitrogens is 3. The van der Waals surface area contributed by atoms with Crippen molar-refractivity contribution in [2.45, 2.75) is 32.1 Å². The van der Waals surface area contributed by atoms with Crippen LogP contribution in [0.3, 0.4) is 0 Å². The Balaban J connectivity index is 1.81. The van der Waals surface area contributed by atoms with Crippen LogP contribution in [0.15, 0.2) is 61.2 Å². The molecule has 2 heterocycles. The Hall–Kier alpha value is -3.03. The molecule has 0 amide bonds. The van der Waals surface area contributed by atoms with E-state index in [1.54, 1.807) is 6.07 Å². The van der Waals surface area contributed by atoms with E-state index in [2.05, 4.69) is 40.5 Å². The van der Waals surface area contributed by atoms with Crippen molar-refractivity contribution in [2.24, 2.45) is 0 Å². The van der Waals surface area contributed by atoms with Crippen molar-refractivity contribution >= 4 is 17.0 Å². The average molecular weight is 420 g/mol. The fraction of sp³-hybridized carbons (Fsp3) is 0.375. The number of carbonyl (C=O) groups is 1. The van der Waals surface area contributed by atoms with Crippen LogP contribution in [0, 0.1) is 0 Å². The van der Waals surface area contributed by atoms with E-state index in [9.17, 15) is 4.79 Å². The summed E-state index contributed by atoms with van der Waals surface area (Å²) >= 11 is 0. The van der Waals surface area contributed by atoms with Gasteiger partial charge in [0.05, 0.1) is 18.2 Å². The number of hydrogen-bond acceptors (Lipinski definition) is 6. The molecule has 7 nitrogen and oxygen atoms in total. The molecule has 1 fully saturated rings. The number of esters is 1. The third-order valence-electron chi connectivity index (χ3n) is 6.06. The van der Waals surface area contributed by atoms with E-state index >= 15 is 0 Å². The van der Waals surface area contributed by atoms with Gasteiger partial charge in [-0.3, -0.25) is 9.80 Å². The van der Waals surface area contributed by atoms with Gasteiger partial charge in [-0.2, -0.15) is 0 Å². The summed E-state index contributed by atoms with van der Waals surface area (Å²) in [7, 11) is 1.40. The van der Waals surface area contributed by atoms with Crippen LogP contribution in [-0.4, -0.2) is 69.6 Å². The van der Waals surface area contributed by atoms with Gasteiger partial charge in [0.25, 0.3) is 0 Å². The molecule has 0 unspecified atom stereocenters. The fourth-order valence-electron chi connectivity index (χ4n) is 4.47. The van der Waals surface area contributed by atoms with Crippen molar-refractivity contribution in [3.8, 4) is 0 Å². The lowest BCUT2D eigenvalue weighted by atomic mass is 10.0. The summed E-state index contributed by atoms with van der Waals surface area (Å²) in [6, 6.07) is 16.2. The number of hydrogen-bond donors (Lipinski definition) is 0. The van der Waals surface area contributed by atoms with Gasteiger partial charge in [0.1, 0.15) is 11.7 Å². The molecule has 1 saturated heterocycles. The molecule has 0 radical (unpaired) electrons. The molecule has 4 rings (SSSR count). The molecular weight excluding hydrogens is 390 g/mol. The molecule has 0 aliphatic carbocycles. The first-order chi connectivity index (χ1) is 15.0. The Morgan fingerprint density at radius 1 is 1.19 bits per heavy atom. The molecule has 2 aromatic carbocycles. The Morgan fingerprint density at radius 2 is 2.00 bits per heavy atom. The van der Waals surface area contributed by atoms with E-state index in [0.717, 1.165) is 36.2 Å². The number of nitrogens with zero attached hydrogens (tertiary/aromatic N) is 5. The van der Waals surface area contributed by atoms with Crippen LogP contribution in [-0.2, 0) is 4.74 Å². The van der Waals surface area contributed by atoms with Crippen molar-refractivity contribution in [1.29, 1.82) is 0 Å². The molecule has 162 valence electrons. The summed E-state index contributed by atoms with van der Waals surface area (Å²) in [4.78, 5) is 17.1. The minimum absolute atomic E-state index is 0.194. The molecule has 0 spiro atoms. The van der Waals surface area contributed by atoms with E-state index in [1.807, 2.05) is 53.2 Å². The first-order valence-corrected chi connectivity index (χ1v) is 10.6. The molecule has 1 aliphatic rings. The SMILES string of the molecule is C=CCN1C[C@H](C)N([C@H](c2cccc(C(=O)OC)c2)n2nnc3ccccc32)C[C@H]1C. The number of para-hydroxylation sites is 1. The summed E-state index contributed by atoms with van der Waals surface area (Å²) < 4.78 is 6.92. The van der Waals surface area contributed by atoms with Gasteiger partial charge in [0, 0.05) is 31.7 Å². The molecule has 0 N–H and O–H groups in total. The zero-order valence-corrected chi connectivity index (χ0v) is 18.3. The van der Waals surface area contributed by atoms with Gasteiger partial charge < -0.3 is 4.74 Å². The van der Waals surface area contributed by atoms with Crippen LogP contribution >= 0.6 is 0 Å². The molecule has 7 heteroatoms. The van der Waals surface area contributed by atoms with Crippen LogP contribution in [0.4, 0.5) is 0 Å². The topological polar surface area (TPSA) is 63.5 Å². The van der Waals surface area contributed by atoms with Gasteiger partial charge in [-0.15, -0.1) is 11.7 Å². The number of ether oxygens (including phenoxy) is 1. The largest absolute Gasteiger partial charge is 0.465 e. The quantitative estimate of drug-likeness (QED) is 0.451. The molecule has 1 aromatic heterocycles. The molecule has 1 aliphatic heterocycles. The predicted molar refractivity (Wildman–Crippen MR) is 121 cm³/mol. The predicted octanol–water partition coefficient (Wildman–Crippen LogP) is 3.35. The number of methoxy groups -OCH3 is 1. The zero-order chi connectivity index (χ0) is 22.0. The van der Waals surface area contributed by atoms with Gasteiger partial charge in [0.2, 0.25) is 0 Å². The van der Waals surface area contributed by atoms with Crippen LogP contribution in [0.5, 0.6) is 0 Å². The van der Waals surface area contributed by atoms with Gasteiger partial charge in [-0.25, -0.2) is 9.48 Å². The molecular formula is C24H29N5O2. The van der Waals surface area contributed by atoms with Crippen molar-refractivity contribution in [3.05, 3.63) is 72.3 Å². The number of rotatable bonds is 6. The van der Waals surface area contributed by atoms with Gasteiger partial charge in [-0.1, -0.05) is 35.6 Å². The van der Waals surface area contributed by atoms with Crippen molar-refractivity contribution in [1.82, 2.24) is 24.8 Å². The third kappa shape index (κ3) is 4.11. The summed E-state index contributed by atoms with van der Waals surface area (Å²) in [5, 5.41) is 8.93. The zero-order valence-electron chi connectivity index (χ0n) is 18.3. The fourth-order valence-corrected chi connectivity index (χ4v) is 4.47. The number of carbonyl (C=O) groups excluding carboxylic acids is 1.